The Kier molecular flexibility index (Phi) is 4.94. The van der Waals surface area contributed by atoms with Gasteiger partial charge in [-0.05, 0) is 37.5 Å². The fraction of sp³-hybridized carbons (Fsp3) is 0.250. The van der Waals surface area contributed by atoms with Crippen molar-refractivity contribution in [3.05, 3.63) is 66.9 Å². The molecule has 0 saturated heterocycles. The Bertz CT molecular complexity index is 1370. The average Bonchev–Trinajstić information content (AvgIpc) is 3.30. The lowest BCUT2D eigenvalue weighted by Gasteiger charge is -2.14. The number of hydrogen-bond donors (Lipinski definition) is 2. The molecule has 1 fully saturated rings. The fourth-order valence-corrected chi connectivity index (χ4v) is 3.93. The molecule has 0 aliphatic heterocycles. The van der Waals surface area contributed by atoms with Crippen LogP contribution in [0.4, 0.5) is 10.2 Å². The molecule has 3 atom stereocenters. The molecule has 5 rings (SSSR count). The molecule has 1 amide bonds. The Morgan fingerprint density at radius 3 is 2.84 bits per heavy atom. The fourth-order valence-electron chi connectivity index (χ4n) is 3.93. The van der Waals surface area contributed by atoms with Crippen LogP contribution in [0.5, 0.6) is 0 Å². The lowest BCUT2D eigenvalue weighted by atomic mass is 10.0. The van der Waals surface area contributed by atoms with Gasteiger partial charge in [0, 0.05) is 47.4 Å². The number of pyridine rings is 3. The van der Waals surface area contributed by atoms with Gasteiger partial charge in [-0.15, -0.1) is 6.58 Å². The molecule has 0 spiro atoms. The second-order valence-electron chi connectivity index (χ2n) is 8.12. The molecule has 2 N–H and O–H groups in total. The van der Waals surface area contributed by atoms with Crippen LogP contribution < -0.4 is 5.32 Å². The van der Waals surface area contributed by atoms with E-state index in [2.05, 4.69) is 26.8 Å². The molecule has 4 aromatic heterocycles. The minimum absolute atomic E-state index is 0.269. The zero-order valence-corrected chi connectivity index (χ0v) is 17.5. The van der Waals surface area contributed by atoms with Gasteiger partial charge in [0.15, 0.2) is 0 Å². The number of imidazole rings is 1. The smallest absolute Gasteiger partial charge is 0.231 e. The summed E-state index contributed by atoms with van der Waals surface area (Å²) >= 11 is 0. The molecular weight excluding hydrogens is 409 g/mol. The molecule has 1 saturated carbocycles. The van der Waals surface area contributed by atoms with Crippen LogP contribution in [0, 0.1) is 12.8 Å². The number of aliphatic hydroxyl groups excluding tert-OH is 1. The van der Waals surface area contributed by atoms with Crippen molar-refractivity contribution in [1.82, 2.24) is 19.4 Å². The highest BCUT2D eigenvalue weighted by molar-refractivity contribution is 5.97. The molecule has 32 heavy (non-hydrogen) atoms. The monoisotopic (exact) mass is 431 g/mol. The van der Waals surface area contributed by atoms with Crippen LogP contribution >= 0.6 is 0 Å². The Morgan fingerprint density at radius 1 is 1.31 bits per heavy atom. The lowest BCUT2D eigenvalue weighted by molar-refractivity contribution is -0.117. The van der Waals surface area contributed by atoms with Crippen LogP contribution in [0.2, 0.25) is 0 Å². The van der Waals surface area contributed by atoms with E-state index < -0.39 is 18.2 Å². The summed E-state index contributed by atoms with van der Waals surface area (Å²) in [6, 6.07) is 5.62. The minimum atomic E-state index is -1.06. The van der Waals surface area contributed by atoms with Gasteiger partial charge in [0.05, 0.1) is 23.2 Å². The maximum absolute atomic E-state index is 13.2. The molecule has 4 aromatic rings. The highest BCUT2D eigenvalue weighted by atomic mass is 19.1. The minimum Gasteiger partial charge on any atom is -0.386 e. The second kappa shape index (κ2) is 7.80. The van der Waals surface area contributed by atoms with Gasteiger partial charge < -0.3 is 10.4 Å². The number of alkyl halides is 1. The van der Waals surface area contributed by atoms with Crippen LogP contribution in [0.25, 0.3) is 27.7 Å². The van der Waals surface area contributed by atoms with Crippen molar-refractivity contribution in [1.29, 1.82) is 0 Å². The Morgan fingerprint density at radius 2 is 2.12 bits per heavy atom. The van der Waals surface area contributed by atoms with Crippen LogP contribution in [-0.4, -0.2) is 36.5 Å². The summed E-state index contributed by atoms with van der Waals surface area (Å²) in [6.07, 6.45) is 7.60. The molecular formula is C24H22FN5O2. The zero-order chi connectivity index (χ0) is 22.4. The van der Waals surface area contributed by atoms with Gasteiger partial charge in [0.2, 0.25) is 5.91 Å². The van der Waals surface area contributed by atoms with E-state index in [1.807, 2.05) is 29.7 Å². The number of rotatable bonds is 6. The molecule has 0 aromatic carbocycles. The number of aryl methyl sites for hydroxylation is 1. The number of amides is 1. The summed E-state index contributed by atoms with van der Waals surface area (Å²) in [7, 11) is 0. The number of fused-ring (bicyclic) bond motifs is 3. The Labute approximate surface area is 183 Å². The van der Waals surface area contributed by atoms with E-state index in [-0.39, 0.29) is 12.3 Å². The summed E-state index contributed by atoms with van der Waals surface area (Å²) in [6.45, 7) is 5.63. The zero-order valence-electron chi connectivity index (χ0n) is 17.5. The first-order chi connectivity index (χ1) is 15.5. The predicted molar refractivity (Wildman–Crippen MR) is 120 cm³/mol. The number of halogens is 1. The third kappa shape index (κ3) is 3.52. The first-order valence-corrected chi connectivity index (χ1v) is 10.4. The second-order valence-corrected chi connectivity index (χ2v) is 8.12. The summed E-state index contributed by atoms with van der Waals surface area (Å²) in [5.41, 5.74) is 4.90. The van der Waals surface area contributed by atoms with Gasteiger partial charge in [0.1, 0.15) is 17.6 Å². The highest BCUT2D eigenvalue weighted by Gasteiger charge is 2.43. The molecule has 0 radical (unpaired) electrons. The van der Waals surface area contributed by atoms with Crippen LogP contribution in [0.3, 0.4) is 0 Å². The van der Waals surface area contributed by atoms with Crippen molar-refractivity contribution >= 4 is 28.3 Å². The van der Waals surface area contributed by atoms with E-state index >= 15 is 0 Å². The van der Waals surface area contributed by atoms with E-state index in [4.69, 9.17) is 0 Å². The predicted octanol–water partition coefficient (Wildman–Crippen LogP) is 4.16. The number of nitrogens with one attached hydrogen (secondary N) is 1. The molecule has 4 heterocycles. The van der Waals surface area contributed by atoms with Gasteiger partial charge in [0.25, 0.3) is 0 Å². The number of carbonyl (C=O) groups excluding carboxylic acids is 1. The molecule has 7 nitrogen and oxygen atoms in total. The van der Waals surface area contributed by atoms with Crippen LogP contribution in [0.1, 0.15) is 30.2 Å². The Balaban J connectivity index is 1.56. The maximum atomic E-state index is 13.2. The van der Waals surface area contributed by atoms with Gasteiger partial charge >= 0.3 is 0 Å². The molecule has 1 aliphatic rings. The summed E-state index contributed by atoms with van der Waals surface area (Å²) in [5.74, 6) is -0.544. The van der Waals surface area contributed by atoms with E-state index in [1.54, 1.807) is 30.7 Å². The third-order valence-electron chi connectivity index (χ3n) is 5.81. The van der Waals surface area contributed by atoms with Crippen LogP contribution in [0.15, 0.2) is 55.6 Å². The summed E-state index contributed by atoms with van der Waals surface area (Å²) in [5, 5.41) is 13.8. The van der Waals surface area contributed by atoms with Gasteiger partial charge in [-0.2, -0.15) is 0 Å². The van der Waals surface area contributed by atoms with Gasteiger partial charge in [-0.25, -0.2) is 14.4 Å². The molecule has 8 heteroatoms. The number of hydrogen-bond acceptors (Lipinski definition) is 5. The number of anilines is 1. The highest BCUT2D eigenvalue weighted by Crippen LogP contribution is 2.35. The van der Waals surface area contributed by atoms with Gasteiger partial charge in [-0.3, -0.25) is 14.2 Å². The van der Waals surface area contributed by atoms with E-state index in [9.17, 15) is 14.3 Å². The quantitative estimate of drug-likeness (QED) is 0.447. The van der Waals surface area contributed by atoms with Gasteiger partial charge in [-0.1, -0.05) is 6.08 Å². The number of nitrogens with zero attached hydrogens (tertiary/aromatic N) is 4. The lowest BCUT2D eigenvalue weighted by Crippen LogP contribution is -2.16. The van der Waals surface area contributed by atoms with Crippen molar-refractivity contribution in [3.63, 3.8) is 0 Å². The normalized spacial score (nSPS) is 18.6. The molecule has 162 valence electrons. The van der Waals surface area contributed by atoms with Crippen molar-refractivity contribution in [2.75, 3.05) is 5.32 Å². The first-order valence-electron chi connectivity index (χ1n) is 10.4. The first kappa shape index (κ1) is 20.3. The SMILES string of the molecule is C=CC[C@H](O)c1cc(C)c(-c2cc3cnc(NC(=O)[C@H]4C[C@H]4F)cc3n3ccnc23)cn1. The Hall–Kier alpha value is -3.65. The van der Waals surface area contributed by atoms with E-state index in [1.165, 1.54) is 0 Å². The maximum Gasteiger partial charge on any atom is 0.231 e. The number of aliphatic hydroxyl groups is 1. The molecule has 0 unspecified atom stereocenters. The van der Waals surface area contributed by atoms with E-state index in [0.717, 1.165) is 33.2 Å². The third-order valence-corrected chi connectivity index (χ3v) is 5.81. The number of carbonyl (C=O) groups is 1. The number of aromatic nitrogens is 4. The average molecular weight is 431 g/mol. The van der Waals surface area contributed by atoms with Crippen LogP contribution in [-0.2, 0) is 4.79 Å². The van der Waals surface area contributed by atoms with Crippen molar-refractivity contribution in [2.24, 2.45) is 5.92 Å². The molecule has 0 bridgehead atoms. The summed E-state index contributed by atoms with van der Waals surface area (Å²) < 4.78 is 15.1. The summed E-state index contributed by atoms with van der Waals surface area (Å²) in [4.78, 5) is 25.4. The van der Waals surface area contributed by atoms with Crippen molar-refractivity contribution in [3.8, 4) is 11.1 Å². The van der Waals surface area contributed by atoms with E-state index in [0.29, 0.717) is 17.9 Å². The topological polar surface area (TPSA) is 92.4 Å². The van der Waals surface area contributed by atoms with Crippen molar-refractivity contribution in [2.45, 2.75) is 32.0 Å². The van der Waals surface area contributed by atoms with Crippen molar-refractivity contribution < 1.29 is 14.3 Å². The largest absolute Gasteiger partial charge is 0.386 e. The molecule has 1 aliphatic carbocycles. The standard InChI is InChI=1S/C24H22FN5O2/c1-3-4-21(31)19-7-13(2)17(12-27-19)15-8-14-11-28-22(29-24(32)16-9-18(16)25)10-20(14)30-6-5-26-23(15)30/h3,5-8,10-12,16,18,21,31H,1,4,9H2,2H3,(H,28,29,32)/t16-,18+,21-/m0/s1.